The molecule has 1 unspecified atom stereocenters. The Balaban J connectivity index is 1.83. The number of nitrogens with zero attached hydrogens (tertiary/aromatic N) is 2. The summed E-state index contributed by atoms with van der Waals surface area (Å²) in [6.45, 7) is 6.15. The number of hydrogen-bond acceptors (Lipinski definition) is 5. The largest absolute Gasteiger partial charge is 0.497 e. The van der Waals surface area contributed by atoms with E-state index in [9.17, 15) is 9.59 Å². The number of carbonyl (C=O) groups is 2. The number of nitrogens with two attached hydrogens (primary N) is 1. The lowest BCUT2D eigenvalue weighted by atomic mass is 9.80. The Bertz CT molecular complexity index is 647. The highest BCUT2D eigenvalue weighted by Crippen LogP contribution is 2.27. The van der Waals surface area contributed by atoms with Gasteiger partial charge in [-0.2, -0.15) is 0 Å². The van der Waals surface area contributed by atoms with Crippen molar-refractivity contribution >= 4 is 17.5 Å². The standard InChI is InChI=1S/C19H30N4O3/c1-19(2)13-23(9-8-16(19)20)12-18(25)22(3)11-17(24)21-14-6-5-7-15(10-14)26-4/h5-7,10,16H,8-9,11-13,20H2,1-4H3,(H,21,24). The Kier molecular flexibility index (Phi) is 6.61. The van der Waals surface area contributed by atoms with Crippen molar-refractivity contribution in [2.45, 2.75) is 26.3 Å². The monoisotopic (exact) mass is 362 g/mol. The van der Waals surface area contributed by atoms with E-state index in [1.54, 1.807) is 38.4 Å². The molecule has 1 heterocycles. The van der Waals surface area contributed by atoms with Gasteiger partial charge in [-0.1, -0.05) is 19.9 Å². The lowest BCUT2D eigenvalue weighted by Gasteiger charge is -2.42. The number of nitrogens with one attached hydrogen (secondary N) is 1. The second-order valence-corrected chi connectivity index (χ2v) is 7.62. The number of anilines is 1. The molecule has 144 valence electrons. The third kappa shape index (κ3) is 5.44. The van der Waals surface area contributed by atoms with Crippen molar-refractivity contribution in [1.82, 2.24) is 9.80 Å². The summed E-state index contributed by atoms with van der Waals surface area (Å²) in [5.41, 5.74) is 6.77. The highest BCUT2D eigenvalue weighted by Gasteiger charge is 2.34. The van der Waals surface area contributed by atoms with Crippen LogP contribution < -0.4 is 15.8 Å². The van der Waals surface area contributed by atoms with Gasteiger partial charge in [-0.05, 0) is 24.0 Å². The zero-order chi connectivity index (χ0) is 19.3. The number of likely N-dealkylation sites (N-methyl/N-ethyl adjacent to an activating group) is 1. The third-order valence-electron chi connectivity index (χ3n) is 4.91. The number of carbonyl (C=O) groups excluding carboxylic acids is 2. The smallest absolute Gasteiger partial charge is 0.243 e. The first-order valence-electron chi connectivity index (χ1n) is 8.87. The molecule has 1 saturated heterocycles. The molecule has 1 fully saturated rings. The highest BCUT2D eigenvalue weighted by atomic mass is 16.5. The summed E-state index contributed by atoms with van der Waals surface area (Å²) in [5, 5.41) is 2.78. The van der Waals surface area contributed by atoms with Gasteiger partial charge in [0.1, 0.15) is 5.75 Å². The highest BCUT2D eigenvalue weighted by molar-refractivity contribution is 5.94. The Morgan fingerprint density at radius 2 is 2.15 bits per heavy atom. The van der Waals surface area contributed by atoms with Crippen LogP contribution in [-0.4, -0.2) is 68.0 Å². The fourth-order valence-electron chi connectivity index (χ4n) is 3.14. The van der Waals surface area contributed by atoms with E-state index < -0.39 is 0 Å². The van der Waals surface area contributed by atoms with Gasteiger partial charge >= 0.3 is 0 Å². The molecule has 0 bridgehead atoms. The van der Waals surface area contributed by atoms with E-state index in [2.05, 4.69) is 24.1 Å². The molecular formula is C19H30N4O3. The van der Waals surface area contributed by atoms with Crippen molar-refractivity contribution in [3.8, 4) is 5.75 Å². The van der Waals surface area contributed by atoms with E-state index in [1.807, 2.05) is 0 Å². The minimum absolute atomic E-state index is 0.00674. The summed E-state index contributed by atoms with van der Waals surface area (Å²) in [6, 6.07) is 7.27. The van der Waals surface area contributed by atoms with Gasteiger partial charge in [0, 0.05) is 37.9 Å². The van der Waals surface area contributed by atoms with Gasteiger partial charge in [0.15, 0.2) is 0 Å². The summed E-state index contributed by atoms with van der Waals surface area (Å²) in [5.74, 6) is 0.352. The second kappa shape index (κ2) is 8.51. The van der Waals surface area contributed by atoms with Crippen molar-refractivity contribution in [3.63, 3.8) is 0 Å². The number of methoxy groups -OCH3 is 1. The summed E-state index contributed by atoms with van der Waals surface area (Å²) in [6.07, 6.45) is 0.875. The first-order chi connectivity index (χ1) is 12.2. The Hall–Kier alpha value is -2.12. The Morgan fingerprint density at radius 1 is 1.42 bits per heavy atom. The molecule has 0 aliphatic carbocycles. The molecule has 1 aliphatic rings. The number of benzene rings is 1. The second-order valence-electron chi connectivity index (χ2n) is 7.62. The molecule has 0 spiro atoms. The third-order valence-corrected chi connectivity index (χ3v) is 4.91. The number of ether oxygens (including phenoxy) is 1. The molecule has 1 aliphatic heterocycles. The van der Waals surface area contributed by atoms with Gasteiger partial charge in [0.2, 0.25) is 11.8 Å². The van der Waals surface area contributed by atoms with Gasteiger partial charge in [0.05, 0.1) is 20.2 Å². The van der Waals surface area contributed by atoms with E-state index in [0.29, 0.717) is 18.0 Å². The molecule has 1 aromatic rings. The van der Waals surface area contributed by atoms with Crippen LogP contribution in [0.1, 0.15) is 20.3 Å². The first kappa shape index (κ1) is 20.2. The molecule has 1 atom stereocenters. The summed E-state index contributed by atoms with van der Waals surface area (Å²) in [7, 11) is 3.22. The van der Waals surface area contributed by atoms with Crippen molar-refractivity contribution in [2.24, 2.45) is 11.1 Å². The fourth-order valence-corrected chi connectivity index (χ4v) is 3.14. The average Bonchev–Trinajstić information content (AvgIpc) is 2.57. The van der Waals surface area contributed by atoms with Crippen molar-refractivity contribution in [3.05, 3.63) is 24.3 Å². The summed E-state index contributed by atoms with van der Waals surface area (Å²) < 4.78 is 5.13. The maximum absolute atomic E-state index is 12.4. The van der Waals surface area contributed by atoms with Crippen LogP contribution in [0.2, 0.25) is 0 Å². The molecule has 7 nitrogen and oxygen atoms in total. The molecule has 3 N–H and O–H groups in total. The van der Waals surface area contributed by atoms with E-state index in [0.717, 1.165) is 19.5 Å². The van der Waals surface area contributed by atoms with E-state index in [1.165, 1.54) is 4.90 Å². The topological polar surface area (TPSA) is 87.9 Å². The maximum Gasteiger partial charge on any atom is 0.243 e. The van der Waals surface area contributed by atoms with Gasteiger partial charge < -0.3 is 20.7 Å². The molecule has 0 aromatic heterocycles. The van der Waals surface area contributed by atoms with Crippen LogP contribution in [0.5, 0.6) is 5.75 Å². The minimum Gasteiger partial charge on any atom is -0.497 e. The van der Waals surface area contributed by atoms with Gasteiger partial charge in [-0.25, -0.2) is 0 Å². The van der Waals surface area contributed by atoms with Gasteiger partial charge in [0.25, 0.3) is 0 Å². The maximum atomic E-state index is 12.4. The average molecular weight is 362 g/mol. The van der Waals surface area contributed by atoms with Crippen LogP contribution in [-0.2, 0) is 9.59 Å². The SMILES string of the molecule is COc1cccc(NC(=O)CN(C)C(=O)CN2CCC(N)C(C)(C)C2)c1. The van der Waals surface area contributed by atoms with E-state index in [-0.39, 0.29) is 29.8 Å². The lowest BCUT2D eigenvalue weighted by molar-refractivity contribution is -0.135. The first-order valence-corrected chi connectivity index (χ1v) is 8.87. The lowest BCUT2D eigenvalue weighted by Crippen LogP contribution is -2.54. The van der Waals surface area contributed by atoms with Crippen LogP contribution in [0.15, 0.2) is 24.3 Å². The zero-order valence-electron chi connectivity index (χ0n) is 16.1. The Morgan fingerprint density at radius 3 is 2.81 bits per heavy atom. The van der Waals surface area contributed by atoms with Crippen molar-refractivity contribution < 1.29 is 14.3 Å². The normalized spacial score (nSPS) is 19.7. The van der Waals surface area contributed by atoms with Crippen molar-refractivity contribution in [1.29, 1.82) is 0 Å². The fraction of sp³-hybridized carbons (Fsp3) is 0.579. The number of likely N-dealkylation sites (tertiary alicyclic amines) is 1. The molecule has 0 saturated carbocycles. The predicted octanol–water partition coefficient (Wildman–Crippen LogP) is 1.15. The van der Waals surface area contributed by atoms with Crippen LogP contribution in [0.3, 0.4) is 0 Å². The molecule has 2 amide bonds. The van der Waals surface area contributed by atoms with Crippen LogP contribution in [0.4, 0.5) is 5.69 Å². The molecule has 26 heavy (non-hydrogen) atoms. The predicted molar refractivity (Wildman–Crippen MR) is 102 cm³/mol. The summed E-state index contributed by atoms with van der Waals surface area (Å²) >= 11 is 0. The number of piperidine rings is 1. The van der Waals surface area contributed by atoms with Gasteiger partial charge in [-0.3, -0.25) is 14.5 Å². The number of hydrogen-bond donors (Lipinski definition) is 2. The molecule has 7 heteroatoms. The van der Waals surface area contributed by atoms with Gasteiger partial charge in [-0.15, -0.1) is 0 Å². The van der Waals surface area contributed by atoms with E-state index in [4.69, 9.17) is 10.5 Å². The van der Waals surface area contributed by atoms with Crippen LogP contribution in [0, 0.1) is 5.41 Å². The van der Waals surface area contributed by atoms with E-state index >= 15 is 0 Å². The molecule has 0 radical (unpaired) electrons. The molecule has 2 rings (SSSR count). The number of amides is 2. The van der Waals surface area contributed by atoms with Crippen LogP contribution in [0.25, 0.3) is 0 Å². The minimum atomic E-state index is -0.241. The van der Waals surface area contributed by atoms with Crippen LogP contribution >= 0.6 is 0 Å². The zero-order valence-corrected chi connectivity index (χ0v) is 16.1. The summed E-state index contributed by atoms with van der Waals surface area (Å²) in [4.78, 5) is 28.2. The Labute approximate surface area is 155 Å². The quantitative estimate of drug-likeness (QED) is 0.793. The molecular weight excluding hydrogens is 332 g/mol. The molecule has 1 aromatic carbocycles. The van der Waals surface area contributed by atoms with Crippen molar-refractivity contribution in [2.75, 3.05) is 45.7 Å². The number of rotatable bonds is 6.